The van der Waals surface area contributed by atoms with Crippen molar-refractivity contribution in [1.82, 2.24) is 24.6 Å². The number of hydrogen-bond acceptors (Lipinski definition) is 6. The summed E-state index contributed by atoms with van der Waals surface area (Å²) in [5.74, 6) is -0.814. The van der Waals surface area contributed by atoms with Gasteiger partial charge in [-0.3, -0.25) is 9.59 Å². The summed E-state index contributed by atoms with van der Waals surface area (Å²) >= 11 is 0. The molecule has 12 heteroatoms. The van der Waals surface area contributed by atoms with Crippen LogP contribution < -0.4 is 5.32 Å². The van der Waals surface area contributed by atoms with Crippen molar-refractivity contribution in [2.75, 3.05) is 18.4 Å². The number of β-amino-alcohol motifs (C(OH)–C–C–N with tert-alkyl or cyclic N) is 1. The molecule has 1 aromatic carbocycles. The van der Waals surface area contributed by atoms with Crippen LogP contribution in [-0.4, -0.2) is 60.8 Å². The van der Waals surface area contributed by atoms with Crippen molar-refractivity contribution in [3.05, 3.63) is 71.1 Å². The summed E-state index contributed by atoms with van der Waals surface area (Å²) < 4.78 is 42.4. The lowest BCUT2D eigenvalue weighted by atomic mass is 9.81. The number of aryl methyl sites for hydroxylation is 1. The van der Waals surface area contributed by atoms with E-state index in [2.05, 4.69) is 20.5 Å². The molecule has 1 aliphatic heterocycles. The zero-order chi connectivity index (χ0) is 27.0. The second-order valence-electron chi connectivity index (χ2n) is 9.77. The molecule has 2 amide bonds. The van der Waals surface area contributed by atoms with Crippen molar-refractivity contribution in [2.24, 2.45) is 7.05 Å². The van der Waals surface area contributed by atoms with Crippen molar-refractivity contribution >= 4 is 17.5 Å². The molecule has 196 valence electrons. The summed E-state index contributed by atoms with van der Waals surface area (Å²) in [4.78, 5) is 30.5. The van der Waals surface area contributed by atoms with Gasteiger partial charge in [-0.25, -0.2) is 4.98 Å². The average Bonchev–Trinajstić information content (AvgIpc) is 3.45. The van der Waals surface area contributed by atoms with Gasteiger partial charge in [0.25, 0.3) is 11.8 Å². The number of aliphatic hydroxyl groups is 1. The highest BCUT2D eigenvalue weighted by molar-refractivity contribution is 6.05. The van der Waals surface area contributed by atoms with Crippen molar-refractivity contribution in [1.29, 1.82) is 0 Å². The molecule has 2 N–H and O–H groups in total. The van der Waals surface area contributed by atoms with Gasteiger partial charge in [-0.15, -0.1) is 10.2 Å². The minimum absolute atomic E-state index is 0.0148. The number of nitrogens with one attached hydrogen (secondary N) is 1. The molecule has 0 aliphatic carbocycles. The van der Waals surface area contributed by atoms with E-state index in [0.717, 1.165) is 17.5 Å². The lowest BCUT2D eigenvalue weighted by Gasteiger charge is -2.25. The third-order valence-corrected chi connectivity index (χ3v) is 6.35. The van der Waals surface area contributed by atoms with Gasteiger partial charge in [-0.1, -0.05) is 26.0 Å². The molecule has 1 saturated heterocycles. The van der Waals surface area contributed by atoms with Gasteiger partial charge >= 0.3 is 6.18 Å². The van der Waals surface area contributed by atoms with Gasteiger partial charge in [-0.2, -0.15) is 13.2 Å². The minimum atomic E-state index is -4.86. The Morgan fingerprint density at radius 2 is 1.95 bits per heavy atom. The summed E-state index contributed by atoms with van der Waals surface area (Å²) in [6.45, 7) is 4.23. The molecule has 1 aliphatic rings. The van der Waals surface area contributed by atoms with Gasteiger partial charge in [0.1, 0.15) is 23.5 Å². The number of amides is 2. The van der Waals surface area contributed by atoms with Crippen LogP contribution in [0.3, 0.4) is 0 Å². The van der Waals surface area contributed by atoms with Crippen LogP contribution in [0, 0.1) is 0 Å². The van der Waals surface area contributed by atoms with Crippen LogP contribution in [0.4, 0.5) is 18.9 Å². The maximum Gasteiger partial charge on any atom is 0.433 e. The highest BCUT2D eigenvalue weighted by Gasteiger charge is 2.35. The average molecular weight is 517 g/mol. The number of halogens is 3. The normalized spacial score (nSPS) is 16.2. The molecule has 9 nitrogen and oxygen atoms in total. The van der Waals surface area contributed by atoms with E-state index in [1.54, 1.807) is 24.5 Å². The van der Waals surface area contributed by atoms with Crippen LogP contribution in [0.5, 0.6) is 0 Å². The lowest BCUT2D eigenvalue weighted by Crippen LogP contribution is -2.30. The molecule has 1 atom stereocenters. The van der Waals surface area contributed by atoms with E-state index in [4.69, 9.17) is 0 Å². The highest BCUT2D eigenvalue weighted by atomic mass is 19.4. The third kappa shape index (κ3) is 5.96. The number of carbonyl (C=O) groups is 2. The Morgan fingerprint density at radius 1 is 1.19 bits per heavy atom. The van der Waals surface area contributed by atoms with Crippen molar-refractivity contribution in [3.63, 3.8) is 0 Å². The van der Waals surface area contributed by atoms with Crippen LogP contribution in [0.1, 0.15) is 58.2 Å². The molecule has 0 saturated carbocycles. The molecular weight excluding hydrogens is 489 g/mol. The Kier molecular flexibility index (Phi) is 7.05. The molecule has 4 rings (SSSR count). The fourth-order valence-electron chi connectivity index (χ4n) is 4.20. The largest absolute Gasteiger partial charge is 0.433 e. The van der Waals surface area contributed by atoms with Crippen molar-refractivity contribution in [2.45, 2.75) is 44.4 Å². The molecule has 37 heavy (non-hydrogen) atoms. The van der Waals surface area contributed by atoms with Gasteiger partial charge in [0.2, 0.25) is 0 Å². The molecule has 0 bridgehead atoms. The van der Waals surface area contributed by atoms with E-state index < -0.39 is 40.9 Å². The predicted octanol–water partition coefficient (Wildman–Crippen LogP) is 3.21. The molecule has 2 aromatic heterocycles. The Bertz CT molecular complexity index is 1320. The molecule has 3 aromatic rings. The number of rotatable bonds is 6. The fourth-order valence-corrected chi connectivity index (χ4v) is 4.20. The second-order valence-corrected chi connectivity index (χ2v) is 9.77. The van der Waals surface area contributed by atoms with Crippen LogP contribution >= 0.6 is 0 Å². The summed E-state index contributed by atoms with van der Waals surface area (Å²) in [5.41, 5.74) is -1.36. The number of pyridine rings is 1. The molecule has 0 unspecified atom stereocenters. The Labute approximate surface area is 211 Å². The Morgan fingerprint density at radius 3 is 2.57 bits per heavy atom. The summed E-state index contributed by atoms with van der Waals surface area (Å²) in [5, 5.41) is 20.3. The minimum Gasteiger partial charge on any atom is -0.391 e. The van der Waals surface area contributed by atoms with Gasteiger partial charge in [0.15, 0.2) is 0 Å². The van der Waals surface area contributed by atoms with Crippen LogP contribution in [0.2, 0.25) is 0 Å². The number of hydrogen-bond donors (Lipinski definition) is 2. The zero-order valence-electron chi connectivity index (χ0n) is 20.6. The van der Waals surface area contributed by atoms with Crippen LogP contribution in [-0.2, 0) is 25.1 Å². The first-order valence-electron chi connectivity index (χ1n) is 11.6. The Hall–Kier alpha value is -3.80. The number of aromatic nitrogens is 4. The summed E-state index contributed by atoms with van der Waals surface area (Å²) in [7, 11) is 1.84. The number of alkyl halides is 3. The SMILES string of the molecule is Cn1cnnc1CC(C)(C)c1cccc(NC(=O)c2cc(C(=O)N3CC[C@H](O)C3)cc(C(F)(F)F)n2)c1. The monoisotopic (exact) mass is 516 g/mol. The van der Waals surface area contributed by atoms with Gasteiger partial charge in [-0.05, 0) is 41.7 Å². The maximum absolute atomic E-state index is 13.5. The number of aliphatic hydroxyl groups excluding tert-OH is 1. The molecule has 0 spiro atoms. The highest BCUT2D eigenvalue weighted by Crippen LogP contribution is 2.31. The Balaban J connectivity index is 1.59. The second kappa shape index (κ2) is 9.92. The first-order chi connectivity index (χ1) is 17.3. The molecule has 3 heterocycles. The van der Waals surface area contributed by atoms with Crippen molar-refractivity contribution in [3.8, 4) is 0 Å². The molecule has 0 radical (unpaired) electrons. The first kappa shape index (κ1) is 26.3. The maximum atomic E-state index is 13.5. The van der Waals surface area contributed by atoms with Crippen molar-refractivity contribution < 1.29 is 27.9 Å². The number of nitrogens with zero attached hydrogens (tertiary/aromatic N) is 5. The van der Waals surface area contributed by atoms with E-state index in [1.165, 1.54) is 4.90 Å². The quantitative estimate of drug-likeness (QED) is 0.520. The summed E-state index contributed by atoms with van der Waals surface area (Å²) in [6.07, 6.45) is -3.10. The predicted molar refractivity (Wildman–Crippen MR) is 128 cm³/mol. The van der Waals surface area contributed by atoms with Gasteiger partial charge in [0.05, 0.1) is 6.10 Å². The molecule has 1 fully saturated rings. The topological polar surface area (TPSA) is 113 Å². The first-order valence-corrected chi connectivity index (χ1v) is 11.6. The van der Waals surface area contributed by atoms with Gasteiger partial charge < -0.3 is 19.9 Å². The third-order valence-electron chi connectivity index (χ3n) is 6.35. The van der Waals surface area contributed by atoms with E-state index in [-0.39, 0.29) is 18.7 Å². The van der Waals surface area contributed by atoms with E-state index in [9.17, 15) is 27.9 Å². The number of likely N-dealkylation sites (tertiary alicyclic amines) is 1. The summed E-state index contributed by atoms with van der Waals surface area (Å²) in [6, 6.07) is 8.63. The van der Waals surface area contributed by atoms with E-state index in [1.807, 2.05) is 31.5 Å². The zero-order valence-corrected chi connectivity index (χ0v) is 20.6. The van der Waals surface area contributed by atoms with E-state index in [0.29, 0.717) is 24.6 Å². The number of carbonyl (C=O) groups excluding carboxylic acids is 2. The standard InChI is InChI=1S/C25H27F3N6O3/c1-24(2,12-21-32-29-14-33(21)3)16-5-4-6-17(11-16)30-22(36)19-9-15(10-20(31-19)25(26,27)28)23(37)34-8-7-18(35)13-34/h4-6,9-11,14,18,35H,7-8,12-13H2,1-3H3,(H,30,36)/t18-/m0/s1. The number of benzene rings is 1. The number of anilines is 1. The van der Waals surface area contributed by atoms with Gasteiger partial charge in [0, 0.05) is 37.8 Å². The molecular formula is C25H27F3N6O3. The van der Waals surface area contributed by atoms with Crippen LogP contribution in [0.25, 0.3) is 0 Å². The van der Waals surface area contributed by atoms with Crippen LogP contribution in [0.15, 0.2) is 42.7 Å². The fraction of sp³-hybridized carbons (Fsp3) is 0.400. The lowest BCUT2D eigenvalue weighted by molar-refractivity contribution is -0.141. The van der Waals surface area contributed by atoms with E-state index >= 15 is 0 Å². The smallest absolute Gasteiger partial charge is 0.391 e.